The van der Waals surface area contributed by atoms with Crippen molar-refractivity contribution in [2.75, 3.05) is 6.54 Å². The highest BCUT2D eigenvalue weighted by Gasteiger charge is 2.17. The van der Waals surface area contributed by atoms with Gasteiger partial charge in [-0.1, -0.05) is 20.8 Å². The number of aromatic nitrogens is 1. The molecule has 0 spiro atoms. The largest absolute Gasteiger partial charge is 0.449 e. The van der Waals surface area contributed by atoms with E-state index >= 15 is 0 Å². The van der Waals surface area contributed by atoms with Gasteiger partial charge in [-0.25, -0.2) is 4.98 Å². The maximum Gasteiger partial charge on any atom is 0.195 e. The van der Waals surface area contributed by atoms with E-state index in [1.54, 1.807) is 6.26 Å². The van der Waals surface area contributed by atoms with Crippen LogP contribution >= 0.6 is 0 Å². The third kappa shape index (κ3) is 2.08. The van der Waals surface area contributed by atoms with Gasteiger partial charge in [0.15, 0.2) is 5.89 Å². The third-order valence-electron chi connectivity index (χ3n) is 1.68. The molecule has 12 heavy (non-hydrogen) atoms. The van der Waals surface area contributed by atoms with E-state index in [0.717, 1.165) is 18.0 Å². The lowest BCUT2D eigenvalue weighted by atomic mass is 9.93. The Hall–Kier alpha value is -0.830. The molecule has 0 bridgehead atoms. The molecule has 1 heterocycles. The number of nitrogens with zero attached hydrogens (tertiary/aromatic N) is 1. The molecule has 0 aromatic carbocycles. The molecule has 0 unspecified atom stereocenters. The van der Waals surface area contributed by atoms with Crippen molar-refractivity contribution < 1.29 is 4.42 Å². The Labute approximate surface area is 73.0 Å². The molecule has 1 aromatic heterocycles. The highest BCUT2D eigenvalue weighted by atomic mass is 16.3. The molecule has 0 aliphatic heterocycles. The van der Waals surface area contributed by atoms with Gasteiger partial charge in [0.25, 0.3) is 0 Å². The maximum absolute atomic E-state index is 5.38. The predicted octanol–water partition coefficient (Wildman–Crippen LogP) is 1.47. The summed E-state index contributed by atoms with van der Waals surface area (Å²) in [6.07, 6.45) is 2.43. The summed E-state index contributed by atoms with van der Waals surface area (Å²) < 4.78 is 5.24. The minimum atomic E-state index is 0.0658. The van der Waals surface area contributed by atoms with Gasteiger partial charge >= 0.3 is 0 Å². The van der Waals surface area contributed by atoms with Crippen LogP contribution in [-0.2, 0) is 11.8 Å². The minimum absolute atomic E-state index is 0.0658. The van der Waals surface area contributed by atoms with Crippen molar-refractivity contribution in [2.24, 2.45) is 5.73 Å². The number of hydrogen-bond acceptors (Lipinski definition) is 3. The quantitative estimate of drug-likeness (QED) is 0.727. The molecule has 0 atom stereocenters. The van der Waals surface area contributed by atoms with Crippen molar-refractivity contribution in [1.82, 2.24) is 4.98 Å². The molecule has 0 fully saturated rings. The predicted molar refractivity (Wildman–Crippen MR) is 48.0 cm³/mol. The molecule has 0 saturated heterocycles. The summed E-state index contributed by atoms with van der Waals surface area (Å²) in [5, 5.41) is 0. The monoisotopic (exact) mass is 168 g/mol. The first kappa shape index (κ1) is 9.26. The topological polar surface area (TPSA) is 52.0 Å². The average Bonchev–Trinajstić information content (AvgIpc) is 2.35. The van der Waals surface area contributed by atoms with Crippen molar-refractivity contribution in [1.29, 1.82) is 0 Å². The summed E-state index contributed by atoms with van der Waals surface area (Å²) in [5.74, 6) is 0.738. The van der Waals surface area contributed by atoms with Gasteiger partial charge in [-0.15, -0.1) is 0 Å². The number of nitrogens with two attached hydrogens (primary N) is 1. The smallest absolute Gasteiger partial charge is 0.195 e. The average molecular weight is 168 g/mol. The molecule has 1 aromatic rings. The molecular weight excluding hydrogens is 152 g/mol. The van der Waals surface area contributed by atoms with Gasteiger partial charge < -0.3 is 10.2 Å². The Balaban J connectivity index is 2.77. The normalized spacial score (nSPS) is 12.0. The van der Waals surface area contributed by atoms with E-state index in [1.807, 2.05) is 0 Å². The Morgan fingerprint density at radius 2 is 2.17 bits per heavy atom. The highest BCUT2D eigenvalue weighted by molar-refractivity contribution is 5.08. The van der Waals surface area contributed by atoms with E-state index in [0.29, 0.717) is 6.54 Å². The molecule has 2 N–H and O–H groups in total. The van der Waals surface area contributed by atoms with Crippen LogP contribution in [-0.4, -0.2) is 11.5 Å². The van der Waals surface area contributed by atoms with Gasteiger partial charge in [-0.05, 0) is 0 Å². The lowest BCUT2D eigenvalue weighted by molar-refractivity contribution is 0.493. The van der Waals surface area contributed by atoms with Gasteiger partial charge in [0.2, 0.25) is 0 Å². The summed E-state index contributed by atoms with van der Waals surface area (Å²) >= 11 is 0. The van der Waals surface area contributed by atoms with Crippen molar-refractivity contribution in [3.63, 3.8) is 0 Å². The molecule has 0 amide bonds. The zero-order chi connectivity index (χ0) is 9.19. The van der Waals surface area contributed by atoms with Crippen LogP contribution in [0.15, 0.2) is 10.7 Å². The summed E-state index contributed by atoms with van der Waals surface area (Å²) in [4.78, 5) is 4.32. The van der Waals surface area contributed by atoms with Crippen LogP contribution < -0.4 is 5.73 Å². The van der Waals surface area contributed by atoms with Crippen LogP contribution in [0.4, 0.5) is 0 Å². The van der Waals surface area contributed by atoms with Crippen LogP contribution in [0.3, 0.4) is 0 Å². The van der Waals surface area contributed by atoms with E-state index in [4.69, 9.17) is 10.2 Å². The molecule has 3 nitrogen and oxygen atoms in total. The van der Waals surface area contributed by atoms with Gasteiger partial charge in [0.05, 0.1) is 5.69 Å². The SMILES string of the molecule is CC(C)(C)c1coc(CCN)n1. The first-order valence-electron chi connectivity index (χ1n) is 4.19. The highest BCUT2D eigenvalue weighted by Crippen LogP contribution is 2.20. The lowest BCUT2D eigenvalue weighted by Crippen LogP contribution is -2.12. The van der Waals surface area contributed by atoms with E-state index < -0.39 is 0 Å². The van der Waals surface area contributed by atoms with Gasteiger partial charge in [0, 0.05) is 18.4 Å². The van der Waals surface area contributed by atoms with Gasteiger partial charge in [0.1, 0.15) is 6.26 Å². The number of hydrogen-bond donors (Lipinski definition) is 1. The lowest BCUT2D eigenvalue weighted by Gasteiger charge is -2.12. The Kier molecular flexibility index (Phi) is 2.52. The van der Waals surface area contributed by atoms with E-state index in [-0.39, 0.29) is 5.41 Å². The number of rotatable bonds is 2. The zero-order valence-corrected chi connectivity index (χ0v) is 7.92. The fourth-order valence-electron chi connectivity index (χ4n) is 0.894. The molecule has 0 aliphatic rings. The van der Waals surface area contributed by atoms with Crippen molar-refractivity contribution >= 4 is 0 Å². The second-order valence-electron chi connectivity index (χ2n) is 3.92. The molecule has 1 rings (SSSR count). The standard InChI is InChI=1S/C9H16N2O/c1-9(2,3)7-6-12-8(11-7)4-5-10/h6H,4-5,10H2,1-3H3. The van der Waals surface area contributed by atoms with Gasteiger partial charge in [-0.2, -0.15) is 0 Å². The zero-order valence-electron chi connectivity index (χ0n) is 7.92. The van der Waals surface area contributed by atoms with Crippen LogP contribution in [0.25, 0.3) is 0 Å². The van der Waals surface area contributed by atoms with Crippen molar-refractivity contribution in [3.05, 3.63) is 17.8 Å². The summed E-state index contributed by atoms with van der Waals surface area (Å²) in [7, 11) is 0. The number of oxazole rings is 1. The van der Waals surface area contributed by atoms with E-state index in [2.05, 4.69) is 25.8 Å². The minimum Gasteiger partial charge on any atom is -0.449 e. The van der Waals surface area contributed by atoms with Crippen LogP contribution in [0.5, 0.6) is 0 Å². The Morgan fingerprint density at radius 3 is 2.58 bits per heavy atom. The molecule has 3 heteroatoms. The summed E-state index contributed by atoms with van der Waals surface area (Å²) in [6, 6.07) is 0. The Morgan fingerprint density at radius 1 is 1.50 bits per heavy atom. The van der Waals surface area contributed by atoms with Crippen molar-refractivity contribution in [3.8, 4) is 0 Å². The summed E-state index contributed by atoms with van der Waals surface area (Å²) in [5.41, 5.74) is 6.44. The molecule has 0 radical (unpaired) electrons. The second-order valence-corrected chi connectivity index (χ2v) is 3.92. The maximum atomic E-state index is 5.38. The van der Waals surface area contributed by atoms with Crippen LogP contribution in [0.2, 0.25) is 0 Å². The van der Waals surface area contributed by atoms with Crippen molar-refractivity contribution in [2.45, 2.75) is 32.6 Å². The molecule has 0 aliphatic carbocycles. The van der Waals surface area contributed by atoms with E-state index in [1.165, 1.54) is 0 Å². The van der Waals surface area contributed by atoms with Gasteiger partial charge in [-0.3, -0.25) is 0 Å². The molecule has 68 valence electrons. The first-order chi connectivity index (χ1) is 5.54. The molecule has 0 saturated carbocycles. The first-order valence-corrected chi connectivity index (χ1v) is 4.19. The van der Waals surface area contributed by atoms with E-state index in [9.17, 15) is 0 Å². The molecular formula is C9H16N2O. The second kappa shape index (κ2) is 3.27. The van der Waals surface area contributed by atoms with Crippen LogP contribution in [0, 0.1) is 0 Å². The Bertz CT molecular complexity index is 247. The third-order valence-corrected chi connectivity index (χ3v) is 1.68. The fourth-order valence-corrected chi connectivity index (χ4v) is 0.894. The fraction of sp³-hybridized carbons (Fsp3) is 0.667. The van der Waals surface area contributed by atoms with Crippen LogP contribution in [0.1, 0.15) is 32.4 Å². The summed E-state index contributed by atoms with van der Waals surface area (Å²) in [6.45, 7) is 6.91.